The Hall–Kier alpha value is -2.21. The van der Waals surface area contributed by atoms with Crippen molar-refractivity contribution in [1.29, 1.82) is 0 Å². The number of likely N-dealkylation sites (tertiary alicyclic amines) is 1. The van der Waals surface area contributed by atoms with Crippen LogP contribution in [0.5, 0.6) is 0 Å². The highest BCUT2D eigenvalue weighted by Gasteiger charge is 2.41. The van der Waals surface area contributed by atoms with E-state index in [2.05, 4.69) is 22.4 Å². The standard InChI is InChI=1S/C23H30N4O2/c28-22-13-20(17-7-3-1-4-8-17)26(23(29)18-9-5-2-6-10-18)15-21(22)27-14-19(24-25-27)16-11-12-16/h1,3-4,7-8,14,16,18,20-22,28H,2,5-6,9-13,15H2. The second kappa shape index (κ2) is 7.90. The molecule has 2 aromatic rings. The van der Waals surface area contributed by atoms with Gasteiger partial charge in [0.05, 0.1) is 23.9 Å². The molecule has 2 heterocycles. The summed E-state index contributed by atoms with van der Waals surface area (Å²) in [6.45, 7) is 0.490. The molecule has 1 N–H and O–H groups in total. The molecule has 0 bridgehead atoms. The van der Waals surface area contributed by atoms with Gasteiger partial charge in [0.1, 0.15) is 0 Å². The molecule has 1 aliphatic heterocycles. The van der Waals surface area contributed by atoms with Crippen molar-refractivity contribution >= 4 is 5.91 Å². The zero-order valence-electron chi connectivity index (χ0n) is 16.9. The molecule has 2 saturated carbocycles. The minimum absolute atomic E-state index is 0.0803. The highest BCUT2D eigenvalue weighted by atomic mass is 16.3. The zero-order chi connectivity index (χ0) is 19.8. The van der Waals surface area contributed by atoms with Crippen molar-refractivity contribution in [1.82, 2.24) is 19.9 Å². The Morgan fingerprint density at radius 2 is 1.79 bits per heavy atom. The SMILES string of the molecule is O=C(C1CCCCC1)N1CC(n2cc(C3CC3)nn2)C(O)CC1c1ccccc1. The molecule has 3 fully saturated rings. The third-order valence-electron chi connectivity index (χ3n) is 6.95. The second-order valence-electron chi connectivity index (χ2n) is 9.02. The highest BCUT2D eigenvalue weighted by Crippen LogP contribution is 2.41. The van der Waals surface area contributed by atoms with E-state index < -0.39 is 6.10 Å². The molecule has 154 valence electrons. The van der Waals surface area contributed by atoms with E-state index in [0.717, 1.165) is 36.9 Å². The number of hydrogen-bond acceptors (Lipinski definition) is 4. The fourth-order valence-electron chi connectivity index (χ4n) is 5.06. The van der Waals surface area contributed by atoms with E-state index in [0.29, 0.717) is 18.9 Å². The molecule has 3 aliphatic rings. The number of carbonyl (C=O) groups is 1. The lowest BCUT2D eigenvalue weighted by molar-refractivity contribution is -0.144. The number of nitrogens with zero attached hydrogens (tertiary/aromatic N) is 4. The van der Waals surface area contributed by atoms with E-state index in [1.807, 2.05) is 29.3 Å². The van der Waals surface area contributed by atoms with Gasteiger partial charge in [0.15, 0.2) is 0 Å². The molecule has 1 saturated heterocycles. The number of piperidine rings is 1. The van der Waals surface area contributed by atoms with E-state index in [4.69, 9.17) is 0 Å². The molecule has 5 rings (SSSR count). The van der Waals surface area contributed by atoms with Crippen LogP contribution in [0.4, 0.5) is 0 Å². The number of hydrogen-bond donors (Lipinski definition) is 1. The predicted octanol–water partition coefficient (Wildman–Crippen LogP) is 3.61. The number of aromatic nitrogens is 3. The van der Waals surface area contributed by atoms with E-state index in [9.17, 15) is 9.90 Å². The molecule has 3 unspecified atom stereocenters. The lowest BCUT2D eigenvalue weighted by atomic mass is 9.85. The van der Waals surface area contributed by atoms with Crippen molar-refractivity contribution in [2.45, 2.75) is 75.5 Å². The van der Waals surface area contributed by atoms with Crippen LogP contribution in [0.25, 0.3) is 0 Å². The van der Waals surface area contributed by atoms with Crippen LogP contribution in [0, 0.1) is 5.92 Å². The van der Waals surface area contributed by atoms with Crippen LogP contribution in [-0.2, 0) is 4.79 Å². The lowest BCUT2D eigenvalue weighted by Crippen LogP contribution is -2.50. The van der Waals surface area contributed by atoms with Crippen LogP contribution in [0.15, 0.2) is 36.5 Å². The third kappa shape index (κ3) is 3.82. The minimum Gasteiger partial charge on any atom is -0.391 e. The molecule has 0 radical (unpaired) electrons. The predicted molar refractivity (Wildman–Crippen MR) is 109 cm³/mol. The van der Waals surface area contributed by atoms with Crippen molar-refractivity contribution in [2.24, 2.45) is 5.92 Å². The summed E-state index contributed by atoms with van der Waals surface area (Å²) in [5.74, 6) is 0.892. The van der Waals surface area contributed by atoms with Gasteiger partial charge in [0, 0.05) is 31.0 Å². The fourth-order valence-corrected chi connectivity index (χ4v) is 5.06. The van der Waals surface area contributed by atoms with Gasteiger partial charge in [-0.15, -0.1) is 5.10 Å². The van der Waals surface area contributed by atoms with Crippen molar-refractivity contribution < 1.29 is 9.90 Å². The van der Waals surface area contributed by atoms with Gasteiger partial charge in [-0.3, -0.25) is 4.79 Å². The first kappa shape index (κ1) is 18.8. The summed E-state index contributed by atoms with van der Waals surface area (Å²) in [6, 6.07) is 9.84. The van der Waals surface area contributed by atoms with Gasteiger partial charge < -0.3 is 10.0 Å². The van der Waals surface area contributed by atoms with Crippen molar-refractivity contribution in [3.8, 4) is 0 Å². The first-order chi connectivity index (χ1) is 14.2. The van der Waals surface area contributed by atoms with Gasteiger partial charge in [-0.25, -0.2) is 4.68 Å². The van der Waals surface area contributed by atoms with Gasteiger partial charge in [-0.1, -0.05) is 54.8 Å². The summed E-state index contributed by atoms with van der Waals surface area (Å²) in [7, 11) is 0. The maximum absolute atomic E-state index is 13.5. The number of amides is 1. The van der Waals surface area contributed by atoms with Gasteiger partial charge >= 0.3 is 0 Å². The molecule has 1 aromatic carbocycles. The number of aliphatic hydroxyl groups excluding tert-OH is 1. The minimum atomic E-state index is -0.552. The second-order valence-corrected chi connectivity index (χ2v) is 9.02. The van der Waals surface area contributed by atoms with Gasteiger partial charge in [0.25, 0.3) is 0 Å². The Labute approximate surface area is 171 Å². The van der Waals surface area contributed by atoms with Crippen LogP contribution < -0.4 is 0 Å². The third-order valence-corrected chi connectivity index (χ3v) is 6.95. The molecule has 6 heteroatoms. The summed E-state index contributed by atoms with van der Waals surface area (Å²) in [6.07, 6.45) is 9.80. The topological polar surface area (TPSA) is 71.2 Å². The number of rotatable bonds is 4. The Bertz CT molecular complexity index is 842. The lowest BCUT2D eigenvalue weighted by Gasteiger charge is -2.44. The smallest absolute Gasteiger partial charge is 0.226 e. The largest absolute Gasteiger partial charge is 0.391 e. The van der Waals surface area contributed by atoms with Crippen LogP contribution in [0.3, 0.4) is 0 Å². The molecule has 6 nitrogen and oxygen atoms in total. The maximum Gasteiger partial charge on any atom is 0.226 e. The highest BCUT2D eigenvalue weighted by molar-refractivity contribution is 5.79. The van der Waals surface area contributed by atoms with E-state index in [-0.39, 0.29) is 23.9 Å². The summed E-state index contributed by atoms with van der Waals surface area (Å²) in [5.41, 5.74) is 2.12. The van der Waals surface area contributed by atoms with E-state index in [1.54, 1.807) is 4.68 Å². The molecule has 2 aliphatic carbocycles. The van der Waals surface area contributed by atoms with Crippen molar-refractivity contribution in [3.05, 3.63) is 47.8 Å². The fraction of sp³-hybridized carbons (Fsp3) is 0.609. The average Bonchev–Trinajstić information content (AvgIpc) is 3.51. The van der Waals surface area contributed by atoms with E-state index in [1.165, 1.54) is 19.3 Å². The molecular weight excluding hydrogens is 364 g/mol. The van der Waals surface area contributed by atoms with Crippen LogP contribution in [0.1, 0.15) is 80.6 Å². The molecular formula is C23H30N4O2. The summed E-state index contributed by atoms with van der Waals surface area (Å²) < 4.78 is 1.81. The molecule has 0 spiro atoms. The first-order valence-electron chi connectivity index (χ1n) is 11.2. The van der Waals surface area contributed by atoms with Crippen LogP contribution in [-0.4, -0.2) is 43.6 Å². The summed E-state index contributed by atoms with van der Waals surface area (Å²) in [5, 5.41) is 19.6. The normalized spacial score (nSPS) is 28.4. The number of aliphatic hydroxyl groups is 1. The number of carbonyl (C=O) groups excluding carboxylic acids is 1. The van der Waals surface area contributed by atoms with Gasteiger partial charge in [-0.05, 0) is 31.2 Å². The Morgan fingerprint density at radius 1 is 1.03 bits per heavy atom. The Balaban J connectivity index is 1.42. The van der Waals surface area contributed by atoms with Crippen LogP contribution >= 0.6 is 0 Å². The summed E-state index contributed by atoms with van der Waals surface area (Å²) >= 11 is 0. The first-order valence-corrected chi connectivity index (χ1v) is 11.2. The molecule has 29 heavy (non-hydrogen) atoms. The van der Waals surface area contributed by atoms with Crippen molar-refractivity contribution in [2.75, 3.05) is 6.54 Å². The van der Waals surface area contributed by atoms with Crippen LogP contribution in [0.2, 0.25) is 0 Å². The average molecular weight is 395 g/mol. The van der Waals surface area contributed by atoms with Crippen molar-refractivity contribution in [3.63, 3.8) is 0 Å². The quantitative estimate of drug-likeness (QED) is 0.860. The molecule has 3 atom stereocenters. The monoisotopic (exact) mass is 394 g/mol. The van der Waals surface area contributed by atoms with Gasteiger partial charge in [-0.2, -0.15) is 0 Å². The van der Waals surface area contributed by atoms with Gasteiger partial charge in [0.2, 0.25) is 5.91 Å². The number of benzene rings is 1. The molecule has 1 amide bonds. The Morgan fingerprint density at radius 3 is 2.52 bits per heavy atom. The Kier molecular flexibility index (Phi) is 5.12. The van der Waals surface area contributed by atoms with E-state index >= 15 is 0 Å². The zero-order valence-corrected chi connectivity index (χ0v) is 16.9. The molecule has 1 aromatic heterocycles. The maximum atomic E-state index is 13.5. The summed E-state index contributed by atoms with van der Waals surface area (Å²) in [4.78, 5) is 15.6.